The number of rotatable bonds is 3. The summed E-state index contributed by atoms with van der Waals surface area (Å²) in [5.74, 6) is 2.39. The molecule has 0 unspecified atom stereocenters. The maximum absolute atomic E-state index is 6.23. The van der Waals surface area contributed by atoms with Gasteiger partial charge in [-0.15, -0.1) is 0 Å². The zero-order valence-electron chi connectivity index (χ0n) is 14.9. The van der Waals surface area contributed by atoms with Crippen molar-refractivity contribution >= 4 is 0 Å². The first-order valence-corrected chi connectivity index (χ1v) is 8.38. The molecule has 132 valence electrons. The van der Waals surface area contributed by atoms with Gasteiger partial charge in [-0.05, 0) is 12.1 Å². The number of ether oxygens (including phenoxy) is 5. The lowest BCUT2D eigenvalue weighted by atomic mass is 9.75. The van der Waals surface area contributed by atoms with Gasteiger partial charge in [0.15, 0.2) is 11.5 Å². The van der Waals surface area contributed by atoms with Crippen molar-refractivity contribution in [3.8, 4) is 23.0 Å². The Kier molecular flexibility index (Phi) is 3.76. The fourth-order valence-electron chi connectivity index (χ4n) is 3.74. The summed E-state index contributed by atoms with van der Waals surface area (Å²) in [7, 11) is 3.37. The zero-order valence-corrected chi connectivity index (χ0v) is 14.9. The van der Waals surface area contributed by atoms with Crippen molar-refractivity contribution in [2.45, 2.75) is 25.6 Å². The first kappa shape index (κ1) is 16.1. The Balaban J connectivity index is 1.93. The molecule has 0 spiro atoms. The standard InChI is InChI=1S/C20H22O5/c1-12-19(13-7-5-6-8-15(13)21-3)14-9-17-18(24-11-23-17)10-16(14)25-20(12,2)22-4/h5-10,12,19H,11H2,1-4H3/t12-,19-,20-/m1/s1. The first-order chi connectivity index (χ1) is 12.1. The number of fused-ring (bicyclic) bond motifs is 2. The normalized spacial score (nSPS) is 26.7. The molecule has 0 bridgehead atoms. The quantitative estimate of drug-likeness (QED) is 0.845. The van der Waals surface area contributed by atoms with Gasteiger partial charge in [-0.1, -0.05) is 25.1 Å². The van der Waals surface area contributed by atoms with Crippen molar-refractivity contribution in [2.24, 2.45) is 5.92 Å². The lowest BCUT2D eigenvalue weighted by Crippen LogP contribution is -2.47. The second-order valence-electron chi connectivity index (χ2n) is 6.57. The van der Waals surface area contributed by atoms with Crippen molar-refractivity contribution in [3.05, 3.63) is 47.5 Å². The Morgan fingerprint density at radius 3 is 2.44 bits per heavy atom. The third-order valence-corrected chi connectivity index (χ3v) is 5.36. The third kappa shape index (κ3) is 2.42. The summed E-state index contributed by atoms with van der Waals surface area (Å²) < 4.78 is 28.7. The molecule has 0 aromatic heterocycles. The molecule has 0 N–H and O–H groups in total. The highest BCUT2D eigenvalue weighted by Gasteiger charge is 2.46. The smallest absolute Gasteiger partial charge is 0.231 e. The lowest BCUT2D eigenvalue weighted by Gasteiger charge is -2.44. The van der Waals surface area contributed by atoms with Gasteiger partial charge in [-0.25, -0.2) is 0 Å². The van der Waals surface area contributed by atoms with Crippen LogP contribution in [0.2, 0.25) is 0 Å². The van der Waals surface area contributed by atoms with Crippen LogP contribution < -0.4 is 18.9 Å². The first-order valence-electron chi connectivity index (χ1n) is 8.38. The van der Waals surface area contributed by atoms with Crippen LogP contribution in [0.5, 0.6) is 23.0 Å². The van der Waals surface area contributed by atoms with E-state index in [1.54, 1.807) is 14.2 Å². The summed E-state index contributed by atoms with van der Waals surface area (Å²) in [5.41, 5.74) is 2.15. The molecule has 0 radical (unpaired) electrons. The van der Waals surface area contributed by atoms with Crippen LogP contribution in [0.1, 0.15) is 30.9 Å². The molecule has 2 aliphatic heterocycles. The molecule has 2 aliphatic rings. The second-order valence-corrected chi connectivity index (χ2v) is 6.57. The van der Waals surface area contributed by atoms with Crippen molar-refractivity contribution in [1.29, 1.82) is 0 Å². The van der Waals surface area contributed by atoms with Gasteiger partial charge in [-0.2, -0.15) is 0 Å². The van der Waals surface area contributed by atoms with Crippen LogP contribution in [-0.4, -0.2) is 26.8 Å². The van der Waals surface area contributed by atoms with Gasteiger partial charge in [0.1, 0.15) is 11.5 Å². The number of hydrogen-bond donors (Lipinski definition) is 0. The van der Waals surface area contributed by atoms with Crippen molar-refractivity contribution < 1.29 is 23.7 Å². The van der Waals surface area contributed by atoms with Gasteiger partial charge in [0.2, 0.25) is 12.6 Å². The Hall–Kier alpha value is -2.40. The van der Waals surface area contributed by atoms with E-state index < -0.39 is 5.79 Å². The summed E-state index contributed by atoms with van der Waals surface area (Å²) >= 11 is 0. The predicted octanol–water partition coefficient (Wildman–Crippen LogP) is 3.95. The molecule has 4 rings (SSSR count). The fourth-order valence-corrected chi connectivity index (χ4v) is 3.74. The molecule has 0 saturated heterocycles. The average Bonchev–Trinajstić information content (AvgIpc) is 3.08. The molecular weight excluding hydrogens is 320 g/mol. The average molecular weight is 342 g/mol. The molecule has 2 aromatic rings. The summed E-state index contributed by atoms with van der Waals surface area (Å²) in [6, 6.07) is 12.0. The summed E-state index contributed by atoms with van der Waals surface area (Å²) in [4.78, 5) is 0. The fraction of sp³-hybridized carbons (Fsp3) is 0.400. The highest BCUT2D eigenvalue weighted by Crippen LogP contribution is 2.53. The van der Waals surface area contributed by atoms with Gasteiger partial charge < -0.3 is 23.7 Å². The van der Waals surface area contributed by atoms with Crippen LogP contribution in [0, 0.1) is 5.92 Å². The Labute approximate surface area is 147 Å². The van der Waals surface area contributed by atoms with E-state index in [2.05, 4.69) is 13.0 Å². The molecule has 0 aliphatic carbocycles. The number of hydrogen-bond acceptors (Lipinski definition) is 5. The highest BCUT2D eigenvalue weighted by atomic mass is 16.7. The molecule has 0 saturated carbocycles. The zero-order chi connectivity index (χ0) is 17.6. The Morgan fingerprint density at radius 2 is 1.72 bits per heavy atom. The third-order valence-electron chi connectivity index (χ3n) is 5.36. The van der Waals surface area contributed by atoms with Crippen LogP contribution in [0.25, 0.3) is 0 Å². The van der Waals surface area contributed by atoms with Crippen LogP contribution in [-0.2, 0) is 4.74 Å². The van der Waals surface area contributed by atoms with E-state index in [4.69, 9.17) is 23.7 Å². The highest BCUT2D eigenvalue weighted by molar-refractivity contribution is 5.57. The molecule has 0 amide bonds. The van der Waals surface area contributed by atoms with Crippen molar-refractivity contribution in [2.75, 3.05) is 21.0 Å². The van der Waals surface area contributed by atoms with E-state index >= 15 is 0 Å². The van der Waals surface area contributed by atoms with Crippen LogP contribution in [0.3, 0.4) is 0 Å². The molecule has 0 fully saturated rings. The van der Waals surface area contributed by atoms with E-state index in [1.165, 1.54) is 0 Å². The molecular formula is C20H22O5. The van der Waals surface area contributed by atoms with Gasteiger partial charge in [0.25, 0.3) is 0 Å². The van der Waals surface area contributed by atoms with E-state index in [0.29, 0.717) is 5.75 Å². The Morgan fingerprint density at radius 1 is 1.00 bits per heavy atom. The maximum atomic E-state index is 6.23. The number of benzene rings is 2. The summed E-state index contributed by atoms with van der Waals surface area (Å²) in [6.07, 6.45) is 0. The van der Waals surface area contributed by atoms with E-state index in [-0.39, 0.29) is 18.6 Å². The topological polar surface area (TPSA) is 46.2 Å². The summed E-state index contributed by atoms with van der Waals surface area (Å²) in [5, 5.41) is 0. The monoisotopic (exact) mass is 342 g/mol. The van der Waals surface area contributed by atoms with Gasteiger partial charge >= 0.3 is 0 Å². The van der Waals surface area contributed by atoms with Crippen LogP contribution in [0.15, 0.2) is 36.4 Å². The van der Waals surface area contributed by atoms with Gasteiger partial charge in [0, 0.05) is 43.1 Å². The van der Waals surface area contributed by atoms with Crippen LogP contribution >= 0.6 is 0 Å². The molecule has 2 heterocycles. The van der Waals surface area contributed by atoms with Crippen molar-refractivity contribution in [1.82, 2.24) is 0 Å². The number of methoxy groups -OCH3 is 2. The maximum Gasteiger partial charge on any atom is 0.231 e. The van der Waals surface area contributed by atoms with E-state index in [0.717, 1.165) is 28.4 Å². The minimum atomic E-state index is -0.758. The summed E-state index contributed by atoms with van der Waals surface area (Å²) in [6.45, 7) is 4.33. The van der Waals surface area contributed by atoms with Crippen molar-refractivity contribution in [3.63, 3.8) is 0 Å². The largest absolute Gasteiger partial charge is 0.496 e. The molecule has 3 atom stereocenters. The minimum absolute atomic E-state index is 0.0411. The van der Waals surface area contributed by atoms with Gasteiger partial charge in [0.05, 0.1) is 7.11 Å². The van der Waals surface area contributed by atoms with Gasteiger partial charge in [-0.3, -0.25) is 0 Å². The SMILES string of the molecule is COc1ccccc1[C@@H]1c2cc3c(cc2O[C@@](C)(OC)[C@@H]1C)OCO3. The van der Waals surface area contributed by atoms with E-state index in [9.17, 15) is 0 Å². The predicted molar refractivity (Wildman–Crippen MR) is 92.6 cm³/mol. The van der Waals surface area contributed by atoms with E-state index in [1.807, 2.05) is 37.3 Å². The number of para-hydroxylation sites is 1. The molecule has 25 heavy (non-hydrogen) atoms. The molecule has 5 heteroatoms. The molecule has 5 nitrogen and oxygen atoms in total. The molecule has 2 aromatic carbocycles. The Bertz CT molecular complexity index is 803. The van der Waals surface area contributed by atoms with Crippen LogP contribution in [0.4, 0.5) is 0 Å². The second kappa shape index (κ2) is 5.85. The minimum Gasteiger partial charge on any atom is -0.496 e. The lowest BCUT2D eigenvalue weighted by molar-refractivity contribution is -0.194.